The number of pyridine rings is 2. The van der Waals surface area contributed by atoms with Crippen LogP contribution >= 0.6 is 0 Å². The Bertz CT molecular complexity index is 1570. The molecule has 3 aliphatic heterocycles. The number of carbonyl (C=O) groups is 3. The number of alkyl halides is 1. The van der Waals surface area contributed by atoms with Crippen molar-refractivity contribution in [3.8, 4) is 6.07 Å². The number of hydrogen-bond acceptors (Lipinski definition) is 10. The van der Waals surface area contributed by atoms with Crippen molar-refractivity contribution in [3.05, 3.63) is 40.7 Å². The second kappa shape index (κ2) is 10.7. The molecule has 216 valence electrons. The van der Waals surface area contributed by atoms with E-state index < -0.39 is 27.6 Å². The highest BCUT2D eigenvalue weighted by Gasteiger charge is 2.57. The van der Waals surface area contributed by atoms with Crippen molar-refractivity contribution in [2.24, 2.45) is 0 Å². The van der Waals surface area contributed by atoms with Crippen molar-refractivity contribution in [3.63, 3.8) is 0 Å². The fraction of sp³-hybridized carbons (Fsp3) is 0.462. The summed E-state index contributed by atoms with van der Waals surface area (Å²) in [4.78, 5) is 51.3. The van der Waals surface area contributed by atoms with Gasteiger partial charge in [0.25, 0.3) is 0 Å². The summed E-state index contributed by atoms with van der Waals surface area (Å²) in [6.07, 6.45) is 2.99. The maximum atomic E-state index is 15.8. The highest BCUT2D eigenvalue weighted by molar-refractivity contribution is 7.90. The van der Waals surface area contributed by atoms with Gasteiger partial charge in [-0.25, -0.2) is 27.6 Å². The molecule has 5 heterocycles. The number of aromatic nitrogens is 2. The molecule has 2 aromatic rings. The maximum Gasteiger partial charge on any atom is 0.328 e. The molecule has 1 saturated carbocycles. The number of aldehydes is 1. The number of rotatable bonds is 8. The lowest BCUT2D eigenvalue weighted by molar-refractivity contribution is -0.136. The third-order valence-electron chi connectivity index (χ3n) is 7.56. The second-order valence-corrected chi connectivity index (χ2v) is 12.9. The molecular formula is C26H29FN8O5S. The molecular weight excluding hydrogens is 555 g/mol. The zero-order valence-corrected chi connectivity index (χ0v) is 23.4. The van der Waals surface area contributed by atoms with Crippen LogP contribution in [-0.2, 0) is 26.8 Å². The van der Waals surface area contributed by atoms with Gasteiger partial charge in [0.15, 0.2) is 6.29 Å². The molecule has 4 aliphatic rings. The van der Waals surface area contributed by atoms with Gasteiger partial charge >= 0.3 is 6.03 Å². The summed E-state index contributed by atoms with van der Waals surface area (Å²) >= 11 is 0. The fourth-order valence-corrected chi connectivity index (χ4v) is 5.80. The Balaban J connectivity index is 1.40. The summed E-state index contributed by atoms with van der Waals surface area (Å²) in [6, 6.07) is 3.77. The summed E-state index contributed by atoms with van der Waals surface area (Å²) in [7, 11) is -1.39. The van der Waals surface area contributed by atoms with Gasteiger partial charge in [0.2, 0.25) is 5.91 Å². The van der Waals surface area contributed by atoms with Crippen molar-refractivity contribution in [2.45, 2.75) is 31.1 Å². The van der Waals surface area contributed by atoms with Crippen LogP contribution in [0.25, 0.3) is 0 Å². The number of hydrogen-bond donors (Lipinski definition) is 2. The van der Waals surface area contributed by atoms with Gasteiger partial charge in [-0.2, -0.15) is 5.26 Å². The number of halogens is 1. The normalized spacial score (nSPS) is 21.9. The molecule has 15 heteroatoms. The average Bonchev–Trinajstić information content (AvgIpc) is 2.89. The van der Waals surface area contributed by atoms with E-state index in [-0.39, 0.29) is 78.3 Å². The first-order valence-electron chi connectivity index (χ1n) is 13.0. The van der Waals surface area contributed by atoms with Crippen molar-refractivity contribution < 1.29 is 27.2 Å². The van der Waals surface area contributed by atoms with Gasteiger partial charge in [-0.15, -0.1) is 0 Å². The third kappa shape index (κ3) is 5.70. The van der Waals surface area contributed by atoms with E-state index in [2.05, 4.69) is 20.6 Å². The van der Waals surface area contributed by atoms with Crippen LogP contribution in [0.2, 0.25) is 0 Å². The second-order valence-electron chi connectivity index (χ2n) is 10.7. The zero-order chi connectivity index (χ0) is 29.5. The van der Waals surface area contributed by atoms with Gasteiger partial charge in [0.05, 0.1) is 23.5 Å². The Morgan fingerprint density at radius 2 is 2.07 bits per heavy atom. The van der Waals surface area contributed by atoms with Crippen LogP contribution in [0.5, 0.6) is 0 Å². The number of nitrogens with one attached hydrogen (secondary N) is 2. The number of nitriles is 1. The Labute approximate surface area is 236 Å². The van der Waals surface area contributed by atoms with E-state index >= 15 is 4.39 Å². The first kappa shape index (κ1) is 28.4. The molecule has 6 rings (SSSR count). The monoisotopic (exact) mass is 584 g/mol. The number of sulfone groups is 1. The van der Waals surface area contributed by atoms with E-state index in [0.29, 0.717) is 24.9 Å². The number of piperazine rings is 1. The lowest BCUT2D eigenvalue weighted by Crippen LogP contribution is -2.60. The number of urea groups is 1. The molecule has 2 fully saturated rings. The molecule has 0 spiro atoms. The molecule has 13 nitrogen and oxygen atoms in total. The molecule has 2 aromatic heterocycles. The molecule has 0 aromatic carbocycles. The predicted molar refractivity (Wildman–Crippen MR) is 147 cm³/mol. The minimum Gasteiger partial charge on any atom is -0.383 e. The van der Waals surface area contributed by atoms with Crippen LogP contribution in [0.1, 0.15) is 40.0 Å². The molecule has 2 N–H and O–H groups in total. The van der Waals surface area contributed by atoms with Crippen LogP contribution in [0, 0.1) is 11.3 Å². The van der Waals surface area contributed by atoms with E-state index in [4.69, 9.17) is 0 Å². The van der Waals surface area contributed by atoms with E-state index in [1.807, 2.05) is 18.0 Å². The summed E-state index contributed by atoms with van der Waals surface area (Å²) in [5, 5.41) is 14.9. The van der Waals surface area contributed by atoms with E-state index in [9.17, 15) is 28.1 Å². The highest BCUT2D eigenvalue weighted by atomic mass is 32.2. The van der Waals surface area contributed by atoms with Crippen LogP contribution in [0.15, 0.2) is 18.3 Å². The molecule has 0 unspecified atom stereocenters. The largest absolute Gasteiger partial charge is 0.383 e. The summed E-state index contributed by atoms with van der Waals surface area (Å²) in [5.41, 5.74) is -0.630. The SMILES string of the molecule is CN1CCN(Cc2cc3c(nc2C=O)N(C(=O)Nc2cc(NCCS(C)(=O)=O)c(C#N)cn2)C2CC3(F)C2)C(=O)C1. The molecule has 41 heavy (non-hydrogen) atoms. The summed E-state index contributed by atoms with van der Waals surface area (Å²) < 4.78 is 38.7. The van der Waals surface area contributed by atoms with E-state index in [1.54, 1.807) is 4.90 Å². The van der Waals surface area contributed by atoms with E-state index in [0.717, 1.165) is 6.26 Å². The predicted octanol–water partition coefficient (Wildman–Crippen LogP) is 1.27. The number of likely N-dealkylation sites (N-methyl/N-ethyl adjacent to an activating group) is 1. The molecule has 1 saturated heterocycles. The van der Waals surface area contributed by atoms with Gasteiger partial charge in [0.1, 0.15) is 38.9 Å². The topological polar surface area (TPSA) is 169 Å². The minimum absolute atomic E-state index is 0.0204. The lowest BCUT2D eigenvalue weighted by atomic mass is 9.68. The van der Waals surface area contributed by atoms with Gasteiger partial charge in [-0.3, -0.25) is 24.7 Å². The summed E-state index contributed by atoms with van der Waals surface area (Å²) in [6.45, 7) is 1.53. The molecule has 0 radical (unpaired) electrons. The molecule has 2 bridgehead atoms. The Hall–Kier alpha value is -4.16. The van der Waals surface area contributed by atoms with Gasteiger partial charge in [-0.1, -0.05) is 0 Å². The third-order valence-corrected chi connectivity index (χ3v) is 8.50. The minimum atomic E-state index is -3.24. The van der Waals surface area contributed by atoms with Gasteiger partial charge in [0, 0.05) is 74.7 Å². The van der Waals surface area contributed by atoms with Crippen LogP contribution in [0.4, 0.5) is 26.5 Å². The molecule has 3 amide bonds. The van der Waals surface area contributed by atoms with Crippen molar-refractivity contribution in [1.29, 1.82) is 5.26 Å². The lowest BCUT2D eigenvalue weighted by Gasteiger charge is -2.52. The Morgan fingerprint density at radius 3 is 2.73 bits per heavy atom. The smallest absolute Gasteiger partial charge is 0.328 e. The number of amides is 3. The Kier molecular flexibility index (Phi) is 7.39. The first-order valence-corrected chi connectivity index (χ1v) is 15.0. The Morgan fingerprint density at radius 1 is 1.32 bits per heavy atom. The van der Waals surface area contributed by atoms with Crippen molar-refractivity contribution in [1.82, 2.24) is 19.8 Å². The van der Waals surface area contributed by atoms with Crippen molar-refractivity contribution >= 4 is 45.4 Å². The number of nitrogens with zero attached hydrogens (tertiary/aromatic N) is 6. The zero-order valence-electron chi connectivity index (χ0n) is 22.6. The highest BCUT2D eigenvalue weighted by Crippen LogP contribution is 2.55. The maximum absolute atomic E-state index is 15.8. The quantitative estimate of drug-likeness (QED) is 0.431. The summed E-state index contributed by atoms with van der Waals surface area (Å²) in [5.74, 6) is -0.152. The standard InChI is InChI=1S/C26H29FN8O5S/c1-33-4-5-34(23(37)14-33)13-16-7-19-24(31-21(16)15-36)35(18-9-26(19,27)10-18)25(38)32-22-8-20(17(11-28)12-30-22)29-3-6-41(2,39)40/h7-8,12,15,18H,3-6,9-10,13-14H2,1-2H3,(H2,29,30,32,38). The van der Waals surface area contributed by atoms with Crippen LogP contribution in [0.3, 0.4) is 0 Å². The number of anilines is 3. The van der Waals surface area contributed by atoms with Crippen LogP contribution < -0.4 is 15.5 Å². The van der Waals surface area contributed by atoms with E-state index in [1.165, 1.54) is 23.2 Å². The fourth-order valence-electron chi connectivity index (χ4n) is 5.32. The first-order chi connectivity index (χ1) is 19.4. The molecule has 1 aliphatic carbocycles. The van der Waals surface area contributed by atoms with Gasteiger partial charge in [-0.05, 0) is 13.1 Å². The van der Waals surface area contributed by atoms with Crippen LogP contribution in [-0.4, -0.2) is 97.7 Å². The average molecular weight is 585 g/mol. The van der Waals surface area contributed by atoms with Gasteiger partial charge < -0.3 is 10.2 Å². The molecule has 0 atom stereocenters. The number of carbonyl (C=O) groups excluding carboxylic acids is 3. The van der Waals surface area contributed by atoms with Crippen molar-refractivity contribution in [2.75, 3.05) is 60.8 Å².